The highest BCUT2D eigenvalue weighted by Gasteiger charge is 2.26. The Balaban J connectivity index is 1.96. The number of fused-ring (bicyclic) bond motifs is 1. The maximum absolute atomic E-state index is 4.51. The fourth-order valence-corrected chi connectivity index (χ4v) is 3.80. The minimum atomic E-state index is 0.658. The van der Waals surface area contributed by atoms with Gasteiger partial charge in [0.2, 0.25) is 0 Å². The van der Waals surface area contributed by atoms with Gasteiger partial charge in [-0.05, 0) is 48.7 Å². The summed E-state index contributed by atoms with van der Waals surface area (Å²) in [7, 11) is 0. The van der Waals surface area contributed by atoms with E-state index in [-0.39, 0.29) is 0 Å². The Bertz CT molecular complexity index is 573. The van der Waals surface area contributed by atoms with Gasteiger partial charge in [0.1, 0.15) is 0 Å². The predicted octanol–water partition coefficient (Wildman–Crippen LogP) is 4.51. The molecule has 2 aromatic rings. The van der Waals surface area contributed by atoms with Crippen molar-refractivity contribution in [3.63, 3.8) is 0 Å². The Kier molecular flexibility index (Phi) is 4.87. The van der Waals surface area contributed by atoms with Crippen molar-refractivity contribution in [3.8, 4) is 0 Å². The normalized spacial score (nSPS) is 23.1. The van der Waals surface area contributed by atoms with Crippen LogP contribution in [0.15, 0.2) is 36.7 Å². The summed E-state index contributed by atoms with van der Waals surface area (Å²) in [5.41, 5.74) is 1.47. The number of pyridine rings is 1. The molecule has 21 heavy (non-hydrogen) atoms. The van der Waals surface area contributed by atoms with E-state index in [9.17, 15) is 0 Å². The molecule has 0 radical (unpaired) electrons. The molecule has 1 heterocycles. The molecular weight excluding hydrogens is 256 g/mol. The number of hydrogen-bond donors (Lipinski definition) is 1. The molecule has 1 aliphatic rings. The molecule has 3 rings (SSSR count). The summed E-state index contributed by atoms with van der Waals surface area (Å²) >= 11 is 0. The van der Waals surface area contributed by atoms with Gasteiger partial charge in [-0.2, -0.15) is 0 Å². The molecule has 0 amide bonds. The quantitative estimate of drug-likeness (QED) is 0.835. The molecule has 2 heteroatoms. The van der Waals surface area contributed by atoms with Crippen LogP contribution < -0.4 is 5.32 Å². The Morgan fingerprint density at radius 2 is 1.95 bits per heavy atom. The molecule has 2 nitrogen and oxygen atoms in total. The second-order valence-electron chi connectivity index (χ2n) is 6.26. The molecule has 0 spiro atoms. The molecule has 112 valence electrons. The van der Waals surface area contributed by atoms with Gasteiger partial charge in [-0.1, -0.05) is 50.5 Å². The van der Waals surface area contributed by atoms with Crippen LogP contribution in [-0.2, 0) is 0 Å². The van der Waals surface area contributed by atoms with Crippen LogP contribution in [0.2, 0.25) is 0 Å². The second-order valence-corrected chi connectivity index (χ2v) is 6.26. The predicted molar refractivity (Wildman–Crippen MR) is 89.6 cm³/mol. The smallest absolute Gasteiger partial charge is 0.0346 e. The van der Waals surface area contributed by atoms with E-state index < -0.39 is 0 Å². The minimum absolute atomic E-state index is 0.658. The van der Waals surface area contributed by atoms with Crippen LogP contribution in [0.4, 0.5) is 0 Å². The van der Waals surface area contributed by atoms with E-state index in [4.69, 9.17) is 0 Å². The molecule has 1 fully saturated rings. The van der Waals surface area contributed by atoms with Crippen LogP contribution in [0.1, 0.15) is 50.5 Å². The third-order valence-electron chi connectivity index (χ3n) is 4.91. The van der Waals surface area contributed by atoms with Crippen LogP contribution in [0, 0.1) is 5.92 Å². The fourth-order valence-electron chi connectivity index (χ4n) is 3.80. The first-order valence-corrected chi connectivity index (χ1v) is 8.43. The highest BCUT2D eigenvalue weighted by atomic mass is 14.8. The van der Waals surface area contributed by atoms with E-state index in [0.29, 0.717) is 5.92 Å². The lowest BCUT2D eigenvalue weighted by molar-refractivity contribution is 0.380. The summed E-state index contributed by atoms with van der Waals surface area (Å²) in [4.78, 5) is 4.51. The lowest BCUT2D eigenvalue weighted by Crippen LogP contribution is -2.26. The van der Waals surface area contributed by atoms with Crippen molar-refractivity contribution >= 4 is 10.8 Å². The highest BCUT2D eigenvalue weighted by Crippen LogP contribution is 2.38. The Labute approximate surface area is 128 Å². The Hall–Kier alpha value is -1.41. The Morgan fingerprint density at radius 1 is 1.10 bits per heavy atom. The lowest BCUT2D eigenvalue weighted by atomic mass is 9.81. The van der Waals surface area contributed by atoms with E-state index in [1.165, 1.54) is 48.4 Å². The zero-order valence-electron chi connectivity index (χ0n) is 13.0. The topological polar surface area (TPSA) is 24.9 Å². The van der Waals surface area contributed by atoms with Gasteiger partial charge in [0.15, 0.2) is 0 Å². The van der Waals surface area contributed by atoms with Crippen LogP contribution in [0.5, 0.6) is 0 Å². The highest BCUT2D eigenvalue weighted by molar-refractivity contribution is 5.85. The SMILES string of the molecule is CCNCC1CCCCCC1c1cncc2ccccc12. The summed E-state index contributed by atoms with van der Waals surface area (Å²) in [5, 5.41) is 6.26. The number of aromatic nitrogens is 1. The molecule has 0 saturated heterocycles. The van der Waals surface area contributed by atoms with E-state index in [0.717, 1.165) is 19.0 Å². The van der Waals surface area contributed by atoms with Crippen LogP contribution in [-0.4, -0.2) is 18.1 Å². The number of rotatable bonds is 4. The van der Waals surface area contributed by atoms with Crippen molar-refractivity contribution < 1.29 is 0 Å². The van der Waals surface area contributed by atoms with Gasteiger partial charge in [0, 0.05) is 17.8 Å². The number of benzene rings is 1. The first-order chi connectivity index (χ1) is 10.4. The van der Waals surface area contributed by atoms with Crippen molar-refractivity contribution in [1.29, 1.82) is 0 Å². The van der Waals surface area contributed by atoms with Gasteiger partial charge in [-0.3, -0.25) is 4.98 Å². The molecule has 2 unspecified atom stereocenters. The summed E-state index contributed by atoms with van der Waals surface area (Å²) in [5.74, 6) is 1.41. The Morgan fingerprint density at radius 3 is 2.86 bits per heavy atom. The summed E-state index contributed by atoms with van der Waals surface area (Å²) in [6.45, 7) is 4.41. The van der Waals surface area contributed by atoms with Crippen molar-refractivity contribution in [2.24, 2.45) is 5.92 Å². The van der Waals surface area contributed by atoms with Gasteiger partial charge in [-0.15, -0.1) is 0 Å². The van der Waals surface area contributed by atoms with Crippen molar-refractivity contribution in [2.75, 3.05) is 13.1 Å². The van der Waals surface area contributed by atoms with Crippen LogP contribution in [0.25, 0.3) is 10.8 Å². The average molecular weight is 282 g/mol. The maximum Gasteiger partial charge on any atom is 0.0346 e. The molecule has 1 saturated carbocycles. The van der Waals surface area contributed by atoms with Crippen LogP contribution in [0.3, 0.4) is 0 Å². The molecule has 1 aromatic carbocycles. The average Bonchev–Trinajstić information content (AvgIpc) is 2.77. The second kappa shape index (κ2) is 7.04. The number of nitrogens with zero attached hydrogens (tertiary/aromatic N) is 1. The minimum Gasteiger partial charge on any atom is -0.317 e. The molecule has 1 aromatic heterocycles. The third kappa shape index (κ3) is 3.26. The monoisotopic (exact) mass is 282 g/mol. The first kappa shape index (κ1) is 14.5. The largest absolute Gasteiger partial charge is 0.317 e. The van der Waals surface area contributed by atoms with Crippen molar-refractivity contribution in [3.05, 3.63) is 42.2 Å². The van der Waals surface area contributed by atoms with Gasteiger partial charge in [0.25, 0.3) is 0 Å². The van der Waals surface area contributed by atoms with E-state index in [1.807, 2.05) is 6.20 Å². The third-order valence-corrected chi connectivity index (χ3v) is 4.91. The number of nitrogens with one attached hydrogen (secondary N) is 1. The molecule has 0 bridgehead atoms. The maximum atomic E-state index is 4.51. The molecular formula is C19H26N2. The lowest BCUT2D eigenvalue weighted by Gasteiger charge is -2.26. The van der Waals surface area contributed by atoms with E-state index >= 15 is 0 Å². The van der Waals surface area contributed by atoms with Crippen LogP contribution >= 0.6 is 0 Å². The number of hydrogen-bond acceptors (Lipinski definition) is 2. The van der Waals surface area contributed by atoms with E-state index in [2.05, 4.69) is 47.7 Å². The van der Waals surface area contributed by atoms with Gasteiger partial charge in [-0.25, -0.2) is 0 Å². The molecule has 2 atom stereocenters. The molecule has 1 aliphatic carbocycles. The van der Waals surface area contributed by atoms with Crippen molar-refractivity contribution in [2.45, 2.75) is 44.9 Å². The van der Waals surface area contributed by atoms with Gasteiger partial charge < -0.3 is 5.32 Å². The summed E-state index contributed by atoms with van der Waals surface area (Å²) < 4.78 is 0. The zero-order valence-corrected chi connectivity index (χ0v) is 13.0. The summed E-state index contributed by atoms with van der Waals surface area (Å²) in [6.07, 6.45) is 10.9. The first-order valence-electron chi connectivity index (χ1n) is 8.43. The van der Waals surface area contributed by atoms with Gasteiger partial charge >= 0.3 is 0 Å². The standard InChI is InChI=1S/C19H26N2/c1-2-20-12-15-8-4-3-5-10-17(15)19-14-21-13-16-9-6-7-11-18(16)19/h6-7,9,11,13-15,17,20H,2-5,8,10,12H2,1H3. The summed E-state index contributed by atoms with van der Waals surface area (Å²) in [6, 6.07) is 8.71. The van der Waals surface area contributed by atoms with Gasteiger partial charge in [0.05, 0.1) is 0 Å². The van der Waals surface area contributed by atoms with E-state index in [1.54, 1.807) is 0 Å². The molecule has 0 aliphatic heterocycles. The fraction of sp³-hybridized carbons (Fsp3) is 0.526. The van der Waals surface area contributed by atoms with Crippen molar-refractivity contribution in [1.82, 2.24) is 10.3 Å². The zero-order chi connectivity index (χ0) is 14.5. The molecule has 1 N–H and O–H groups in total.